The first-order chi connectivity index (χ1) is 10.5. The van der Waals surface area contributed by atoms with E-state index in [1.165, 1.54) is 0 Å². The monoisotopic (exact) mass is 363 g/mol. The van der Waals surface area contributed by atoms with Gasteiger partial charge in [-0.2, -0.15) is 0 Å². The molecule has 0 saturated carbocycles. The molecule has 0 bridgehead atoms. The van der Waals surface area contributed by atoms with Gasteiger partial charge in [-0.1, -0.05) is 23.7 Å². The molecule has 22 heavy (non-hydrogen) atoms. The topological polar surface area (TPSA) is 48.4 Å². The lowest BCUT2D eigenvalue weighted by Crippen LogP contribution is -2.02. The van der Waals surface area contributed by atoms with Gasteiger partial charge in [0.25, 0.3) is 5.91 Å². The molecular weight excluding hydrogens is 348 g/mol. The summed E-state index contributed by atoms with van der Waals surface area (Å²) in [5, 5.41) is 2.39. The predicted octanol–water partition coefficient (Wildman–Crippen LogP) is 5.70. The van der Waals surface area contributed by atoms with Gasteiger partial charge < -0.3 is 9.05 Å². The number of nitrogens with zero attached hydrogens (tertiary/aromatic N) is 1. The van der Waals surface area contributed by atoms with Crippen LogP contribution >= 0.6 is 30.5 Å². The number of rotatable bonds is 7. The van der Waals surface area contributed by atoms with E-state index in [0.717, 1.165) is 16.9 Å². The van der Waals surface area contributed by atoms with E-state index in [9.17, 15) is 8.96 Å². The molecule has 0 aliphatic rings. The van der Waals surface area contributed by atoms with Crippen molar-refractivity contribution in [2.24, 2.45) is 0 Å². The molecule has 0 saturated heterocycles. The highest BCUT2D eigenvalue weighted by Gasteiger charge is 2.39. The SMILES string of the molecule is CCOP(=O)(OCC)C(F)c1nc(-c2ccc(Cl)cc2)cs1. The van der Waals surface area contributed by atoms with Gasteiger partial charge in [-0.15, -0.1) is 11.3 Å². The van der Waals surface area contributed by atoms with Crippen molar-refractivity contribution in [2.75, 3.05) is 13.2 Å². The fourth-order valence-electron chi connectivity index (χ4n) is 1.81. The second-order valence-electron chi connectivity index (χ2n) is 4.29. The third kappa shape index (κ3) is 3.94. The first-order valence-corrected chi connectivity index (χ1v) is 9.61. The minimum absolute atomic E-state index is 0.0789. The predicted molar refractivity (Wildman–Crippen MR) is 87.3 cm³/mol. The molecule has 1 atom stereocenters. The Balaban J connectivity index is 2.26. The lowest BCUT2D eigenvalue weighted by molar-refractivity contribution is 0.190. The molecule has 1 unspecified atom stereocenters. The molecule has 2 rings (SSSR count). The van der Waals surface area contributed by atoms with E-state index >= 15 is 0 Å². The normalized spacial score (nSPS) is 13.3. The largest absolute Gasteiger partial charge is 0.371 e. The van der Waals surface area contributed by atoms with Crippen molar-refractivity contribution >= 4 is 30.5 Å². The summed E-state index contributed by atoms with van der Waals surface area (Å²) in [6.07, 6.45) is 0. The summed E-state index contributed by atoms with van der Waals surface area (Å²) in [5.41, 5.74) is 1.40. The van der Waals surface area contributed by atoms with Gasteiger partial charge in [0, 0.05) is 16.0 Å². The number of aromatic nitrogens is 1. The molecular formula is C14H16ClFNO3PS. The number of hydrogen-bond acceptors (Lipinski definition) is 5. The maximum absolute atomic E-state index is 14.6. The Kier molecular flexibility index (Phi) is 6.12. The van der Waals surface area contributed by atoms with Crippen LogP contribution in [0, 0.1) is 0 Å². The van der Waals surface area contributed by atoms with E-state index < -0.39 is 13.5 Å². The maximum atomic E-state index is 14.6. The second-order valence-corrected chi connectivity index (χ2v) is 7.66. The highest BCUT2D eigenvalue weighted by molar-refractivity contribution is 7.54. The zero-order valence-electron chi connectivity index (χ0n) is 12.2. The Morgan fingerprint density at radius 1 is 1.27 bits per heavy atom. The summed E-state index contributed by atoms with van der Waals surface area (Å²) in [6, 6.07) is 7.04. The smallest absolute Gasteiger partial charge is 0.307 e. The number of alkyl halides is 1. The minimum atomic E-state index is -3.86. The quantitative estimate of drug-likeness (QED) is 0.592. The molecule has 0 radical (unpaired) electrons. The summed E-state index contributed by atoms with van der Waals surface area (Å²) < 4.78 is 37.0. The molecule has 4 nitrogen and oxygen atoms in total. The van der Waals surface area contributed by atoms with Gasteiger partial charge in [-0.3, -0.25) is 4.57 Å². The summed E-state index contributed by atoms with van der Waals surface area (Å²) in [7, 11) is -3.86. The van der Waals surface area contributed by atoms with Gasteiger partial charge in [0.2, 0.25) is 0 Å². The van der Waals surface area contributed by atoms with Crippen LogP contribution in [0.3, 0.4) is 0 Å². The third-order valence-electron chi connectivity index (χ3n) is 2.76. The molecule has 1 heterocycles. The molecule has 0 aliphatic heterocycles. The minimum Gasteiger partial charge on any atom is -0.307 e. The highest BCUT2D eigenvalue weighted by Crippen LogP contribution is 2.62. The van der Waals surface area contributed by atoms with Crippen LogP contribution in [0.2, 0.25) is 5.02 Å². The zero-order chi connectivity index (χ0) is 16.2. The standard InChI is InChI=1S/C14H16ClFNO3PS/c1-3-19-21(18,20-4-2)13(16)14-17-12(9-22-14)10-5-7-11(15)8-6-10/h5-9,13H,3-4H2,1-2H3. The second kappa shape index (κ2) is 7.66. The molecule has 0 amide bonds. The Hall–Kier alpha value is -0.780. The van der Waals surface area contributed by atoms with Crippen LogP contribution in [0.4, 0.5) is 4.39 Å². The van der Waals surface area contributed by atoms with E-state index in [1.54, 1.807) is 43.5 Å². The highest BCUT2D eigenvalue weighted by atomic mass is 35.5. The number of hydrogen-bond donors (Lipinski definition) is 0. The molecule has 0 spiro atoms. The Morgan fingerprint density at radius 3 is 2.41 bits per heavy atom. The van der Waals surface area contributed by atoms with Crippen molar-refractivity contribution in [1.82, 2.24) is 4.98 Å². The van der Waals surface area contributed by atoms with Crippen LogP contribution in [-0.4, -0.2) is 18.2 Å². The van der Waals surface area contributed by atoms with E-state index in [0.29, 0.717) is 10.7 Å². The van der Waals surface area contributed by atoms with Crippen LogP contribution in [0.15, 0.2) is 29.6 Å². The first-order valence-electron chi connectivity index (χ1n) is 6.74. The van der Waals surface area contributed by atoms with Crippen molar-refractivity contribution < 1.29 is 18.0 Å². The summed E-state index contributed by atoms with van der Waals surface area (Å²) in [6.45, 7) is 3.49. The van der Waals surface area contributed by atoms with Gasteiger partial charge >= 0.3 is 7.60 Å². The summed E-state index contributed by atoms with van der Waals surface area (Å²) in [5.74, 6) is -1.89. The number of halogens is 2. The Labute approximate surface area is 137 Å². The zero-order valence-corrected chi connectivity index (χ0v) is 14.6. The van der Waals surface area contributed by atoms with Crippen molar-refractivity contribution in [1.29, 1.82) is 0 Å². The Morgan fingerprint density at radius 2 is 1.86 bits per heavy atom. The van der Waals surface area contributed by atoms with E-state index in [2.05, 4.69) is 4.98 Å². The van der Waals surface area contributed by atoms with E-state index in [1.807, 2.05) is 0 Å². The summed E-state index contributed by atoms with van der Waals surface area (Å²) in [4.78, 5) is 4.21. The van der Waals surface area contributed by atoms with Crippen molar-refractivity contribution in [3.8, 4) is 11.3 Å². The fourth-order valence-corrected chi connectivity index (χ4v) is 4.58. The molecule has 0 N–H and O–H groups in total. The van der Waals surface area contributed by atoms with Crippen LogP contribution < -0.4 is 0 Å². The van der Waals surface area contributed by atoms with Gasteiger partial charge in [-0.25, -0.2) is 9.37 Å². The average Bonchev–Trinajstić information content (AvgIpc) is 2.97. The number of thiazole rings is 1. The maximum Gasteiger partial charge on any atom is 0.371 e. The van der Waals surface area contributed by atoms with Gasteiger partial charge in [0.1, 0.15) is 5.01 Å². The van der Waals surface area contributed by atoms with Crippen molar-refractivity contribution in [3.63, 3.8) is 0 Å². The van der Waals surface area contributed by atoms with Crippen LogP contribution in [0.1, 0.15) is 24.8 Å². The van der Waals surface area contributed by atoms with Gasteiger partial charge in [0.05, 0.1) is 18.9 Å². The molecule has 1 aromatic heterocycles. The lowest BCUT2D eigenvalue weighted by atomic mass is 10.2. The van der Waals surface area contributed by atoms with Crippen molar-refractivity contribution in [2.45, 2.75) is 19.8 Å². The Bertz CT molecular complexity index is 654. The average molecular weight is 364 g/mol. The number of benzene rings is 1. The van der Waals surface area contributed by atoms with E-state index in [4.69, 9.17) is 20.6 Å². The molecule has 2 aromatic rings. The lowest BCUT2D eigenvalue weighted by Gasteiger charge is -2.18. The van der Waals surface area contributed by atoms with Crippen LogP contribution in [0.25, 0.3) is 11.3 Å². The molecule has 8 heteroatoms. The van der Waals surface area contributed by atoms with Crippen molar-refractivity contribution in [3.05, 3.63) is 39.7 Å². The third-order valence-corrected chi connectivity index (χ3v) is 6.10. The molecule has 0 aliphatic carbocycles. The van der Waals surface area contributed by atoms with Crippen LogP contribution in [0.5, 0.6) is 0 Å². The molecule has 1 aromatic carbocycles. The fraction of sp³-hybridized carbons (Fsp3) is 0.357. The van der Waals surface area contributed by atoms with E-state index in [-0.39, 0.29) is 18.2 Å². The van der Waals surface area contributed by atoms with Gasteiger partial charge in [-0.05, 0) is 26.0 Å². The molecule has 120 valence electrons. The van der Waals surface area contributed by atoms with Gasteiger partial charge in [0.15, 0.2) is 0 Å². The molecule has 0 fully saturated rings. The van der Waals surface area contributed by atoms with Crippen LogP contribution in [-0.2, 0) is 13.6 Å². The summed E-state index contributed by atoms with van der Waals surface area (Å²) >= 11 is 6.92. The first kappa shape index (κ1) is 17.6.